The van der Waals surface area contributed by atoms with E-state index in [0.29, 0.717) is 19.2 Å². The van der Waals surface area contributed by atoms with E-state index in [-0.39, 0.29) is 6.03 Å². The van der Waals surface area contributed by atoms with Crippen molar-refractivity contribution in [3.63, 3.8) is 0 Å². The largest absolute Gasteiger partial charge is 0.492 e. The van der Waals surface area contributed by atoms with E-state index in [1.165, 1.54) is 0 Å². The summed E-state index contributed by atoms with van der Waals surface area (Å²) < 4.78 is 5.56. The summed E-state index contributed by atoms with van der Waals surface area (Å²) >= 11 is 0. The molecule has 1 aliphatic rings. The van der Waals surface area contributed by atoms with Crippen LogP contribution in [0, 0.1) is 0 Å². The van der Waals surface area contributed by atoms with Crippen LogP contribution in [0.1, 0.15) is 12.8 Å². The summed E-state index contributed by atoms with van der Waals surface area (Å²) in [4.78, 5) is 16.2. The molecule has 1 heterocycles. The van der Waals surface area contributed by atoms with E-state index in [9.17, 15) is 4.79 Å². The number of nitrogens with one attached hydrogen (secondary N) is 1. The number of para-hydroxylation sites is 1. The van der Waals surface area contributed by atoms with Gasteiger partial charge in [-0.15, -0.1) is 0 Å². The van der Waals surface area contributed by atoms with Crippen LogP contribution in [0.25, 0.3) is 0 Å². The molecule has 1 fully saturated rings. The molecular weight excluding hydrogens is 266 g/mol. The Balaban J connectivity index is 1.64. The zero-order chi connectivity index (χ0) is 15.1. The molecule has 1 aromatic carbocycles. The highest BCUT2D eigenvalue weighted by Gasteiger charge is 2.23. The molecule has 0 radical (unpaired) electrons. The second-order valence-corrected chi connectivity index (χ2v) is 5.54. The third-order valence-electron chi connectivity index (χ3n) is 3.95. The number of hydrogen-bond donors (Lipinski definition) is 1. The number of carbonyl (C=O) groups excluding carboxylic acids is 1. The summed E-state index contributed by atoms with van der Waals surface area (Å²) in [5.41, 5.74) is 0. The van der Waals surface area contributed by atoms with E-state index < -0.39 is 0 Å². The van der Waals surface area contributed by atoms with Gasteiger partial charge in [0.1, 0.15) is 12.4 Å². The van der Waals surface area contributed by atoms with E-state index in [1.807, 2.05) is 42.3 Å². The molecule has 2 amide bonds. The lowest BCUT2D eigenvalue weighted by atomic mass is 10.0. The van der Waals surface area contributed by atoms with Gasteiger partial charge in [-0.05, 0) is 45.1 Å². The quantitative estimate of drug-likeness (QED) is 0.841. The van der Waals surface area contributed by atoms with Gasteiger partial charge in [-0.25, -0.2) is 4.79 Å². The van der Waals surface area contributed by atoms with Gasteiger partial charge in [0.05, 0.1) is 6.54 Å². The number of carbonyl (C=O) groups is 1. The van der Waals surface area contributed by atoms with Crippen molar-refractivity contribution in [3.8, 4) is 5.75 Å². The third kappa shape index (κ3) is 4.93. The van der Waals surface area contributed by atoms with E-state index in [1.54, 1.807) is 0 Å². The van der Waals surface area contributed by atoms with Gasteiger partial charge in [0.15, 0.2) is 0 Å². The van der Waals surface area contributed by atoms with Crippen molar-refractivity contribution in [3.05, 3.63) is 30.3 Å². The standard InChI is InChI=1S/C16H25N3O2/c1-18-11-8-14(9-12-18)19(2)16(20)17-10-13-21-15-6-4-3-5-7-15/h3-7,14H,8-13H2,1-2H3,(H,17,20). The highest BCUT2D eigenvalue weighted by atomic mass is 16.5. The molecule has 21 heavy (non-hydrogen) atoms. The molecule has 0 saturated carbocycles. The number of benzene rings is 1. The maximum Gasteiger partial charge on any atom is 0.317 e. The van der Waals surface area contributed by atoms with Gasteiger partial charge in [-0.3, -0.25) is 0 Å². The molecule has 0 spiro atoms. The summed E-state index contributed by atoms with van der Waals surface area (Å²) in [5.74, 6) is 0.829. The lowest BCUT2D eigenvalue weighted by Crippen LogP contribution is -2.48. The third-order valence-corrected chi connectivity index (χ3v) is 3.95. The van der Waals surface area contributed by atoms with E-state index in [4.69, 9.17) is 4.74 Å². The molecule has 1 saturated heterocycles. The van der Waals surface area contributed by atoms with Crippen molar-refractivity contribution in [2.45, 2.75) is 18.9 Å². The molecule has 1 aromatic rings. The number of hydrogen-bond acceptors (Lipinski definition) is 3. The van der Waals surface area contributed by atoms with Gasteiger partial charge >= 0.3 is 6.03 Å². The SMILES string of the molecule is CN1CCC(N(C)C(=O)NCCOc2ccccc2)CC1. The highest BCUT2D eigenvalue weighted by molar-refractivity contribution is 5.74. The van der Waals surface area contributed by atoms with Crippen LogP contribution in [0.2, 0.25) is 0 Å². The van der Waals surface area contributed by atoms with E-state index in [0.717, 1.165) is 31.7 Å². The Hall–Kier alpha value is -1.75. The minimum Gasteiger partial charge on any atom is -0.492 e. The van der Waals surface area contributed by atoms with Gasteiger partial charge in [-0.1, -0.05) is 18.2 Å². The molecule has 5 heteroatoms. The van der Waals surface area contributed by atoms with Crippen LogP contribution in [0.5, 0.6) is 5.75 Å². The van der Waals surface area contributed by atoms with Crippen LogP contribution in [-0.2, 0) is 0 Å². The van der Waals surface area contributed by atoms with Crippen LogP contribution in [0.4, 0.5) is 4.79 Å². The maximum absolute atomic E-state index is 12.1. The molecule has 5 nitrogen and oxygen atoms in total. The molecular formula is C16H25N3O2. The van der Waals surface area contributed by atoms with Crippen LogP contribution in [-0.4, -0.2) is 62.2 Å². The van der Waals surface area contributed by atoms with Crippen molar-refractivity contribution in [1.29, 1.82) is 0 Å². The van der Waals surface area contributed by atoms with Crippen LogP contribution in [0.15, 0.2) is 30.3 Å². The first kappa shape index (κ1) is 15.6. The minimum atomic E-state index is -0.0128. The lowest BCUT2D eigenvalue weighted by molar-refractivity contribution is 0.146. The molecule has 1 aliphatic heterocycles. The number of rotatable bonds is 5. The second-order valence-electron chi connectivity index (χ2n) is 5.54. The Morgan fingerprint density at radius 3 is 2.67 bits per heavy atom. The van der Waals surface area contributed by atoms with Crippen molar-refractivity contribution < 1.29 is 9.53 Å². The van der Waals surface area contributed by atoms with Gasteiger partial charge in [0, 0.05) is 13.1 Å². The average molecular weight is 291 g/mol. The van der Waals surface area contributed by atoms with E-state index >= 15 is 0 Å². The van der Waals surface area contributed by atoms with Crippen LogP contribution >= 0.6 is 0 Å². The molecule has 0 unspecified atom stereocenters. The van der Waals surface area contributed by atoms with Crippen molar-refractivity contribution in [2.24, 2.45) is 0 Å². The van der Waals surface area contributed by atoms with Gasteiger partial charge in [-0.2, -0.15) is 0 Å². The summed E-state index contributed by atoms with van der Waals surface area (Å²) in [6.45, 7) is 3.11. The normalized spacial score (nSPS) is 16.5. The summed E-state index contributed by atoms with van der Waals surface area (Å²) in [5, 5.41) is 2.91. The number of nitrogens with zero attached hydrogens (tertiary/aromatic N) is 2. The fourth-order valence-corrected chi connectivity index (χ4v) is 2.52. The van der Waals surface area contributed by atoms with Gasteiger partial charge in [0.25, 0.3) is 0 Å². The molecule has 2 rings (SSSR count). The first-order valence-corrected chi connectivity index (χ1v) is 7.54. The lowest BCUT2D eigenvalue weighted by Gasteiger charge is -2.35. The molecule has 0 bridgehead atoms. The molecule has 0 atom stereocenters. The zero-order valence-corrected chi connectivity index (χ0v) is 12.9. The molecule has 0 aliphatic carbocycles. The second kappa shape index (κ2) is 7.88. The smallest absolute Gasteiger partial charge is 0.317 e. The minimum absolute atomic E-state index is 0.0128. The average Bonchev–Trinajstić information content (AvgIpc) is 2.52. The number of amides is 2. The van der Waals surface area contributed by atoms with Crippen LogP contribution in [0.3, 0.4) is 0 Å². The van der Waals surface area contributed by atoms with Gasteiger partial charge < -0.3 is 19.9 Å². The predicted molar refractivity (Wildman–Crippen MR) is 83.6 cm³/mol. The first-order chi connectivity index (χ1) is 10.2. The van der Waals surface area contributed by atoms with Crippen LogP contribution < -0.4 is 10.1 Å². The fourth-order valence-electron chi connectivity index (χ4n) is 2.52. The summed E-state index contributed by atoms with van der Waals surface area (Å²) in [7, 11) is 4.00. The number of likely N-dealkylation sites (tertiary alicyclic amines) is 1. The van der Waals surface area contributed by atoms with E-state index in [2.05, 4.69) is 17.3 Å². The monoisotopic (exact) mass is 291 g/mol. The Kier molecular flexibility index (Phi) is 5.87. The Labute approximate surface area is 126 Å². The Morgan fingerprint density at radius 1 is 1.33 bits per heavy atom. The topological polar surface area (TPSA) is 44.8 Å². The predicted octanol–water partition coefficient (Wildman–Crippen LogP) is 1.80. The molecule has 116 valence electrons. The molecule has 1 N–H and O–H groups in total. The zero-order valence-electron chi connectivity index (χ0n) is 12.9. The molecule has 0 aromatic heterocycles. The van der Waals surface area contributed by atoms with Crippen molar-refractivity contribution >= 4 is 6.03 Å². The Bertz CT molecular complexity index is 430. The van der Waals surface area contributed by atoms with Gasteiger partial charge in [0.2, 0.25) is 0 Å². The Morgan fingerprint density at radius 2 is 2.00 bits per heavy atom. The number of urea groups is 1. The number of ether oxygens (including phenoxy) is 1. The number of piperidine rings is 1. The maximum atomic E-state index is 12.1. The highest BCUT2D eigenvalue weighted by Crippen LogP contribution is 2.14. The summed E-state index contributed by atoms with van der Waals surface area (Å²) in [6, 6.07) is 9.96. The summed E-state index contributed by atoms with van der Waals surface area (Å²) in [6.07, 6.45) is 2.09. The first-order valence-electron chi connectivity index (χ1n) is 7.54. The van der Waals surface area contributed by atoms with Crippen molar-refractivity contribution in [2.75, 3.05) is 40.3 Å². The fraction of sp³-hybridized carbons (Fsp3) is 0.562. The van der Waals surface area contributed by atoms with Crippen molar-refractivity contribution in [1.82, 2.24) is 15.1 Å².